The second kappa shape index (κ2) is 8.07. The topological polar surface area (TPSA) is 89.8 Å². The number of ketones is 2. The zero-order valence-electron chi connectivity index (χ0n) is 13.7. The van der Waals surface area contributed by atoms with E-state index < -0.39 is 16.4 Å². The maximum absolute atomic E-state index is 12.7. The molecule has 0 saturated heterocycles. The molecular weight excluding hydrogens is 300 g/mol. The molecule has 124 valence electrons. The average molecular weight is 320 g/mol. The van der Waals surface area contributed by atoms with E-state index in [4.69, 9.17) is 4.74 Å². The lowest BCUT2D eigenvalue weighted by Crippen LogP contribution is -2.18. The molecule has 0 radical (unpaired) electrons. The highest BCUT2D eigenvalue weighted by molar-refractivity contribution is 6.27. The number of hydrogen-bond donors (Lipinski definition) is 0. The number of nitro groups is 1. The van der Waals surface area contributed by atoms with Gasteiger partial charge in [0, 0.05) is 26.7 Å². The van der Waals surface area contributed by atoms with Crippen molar-refractivity contribution in [1.82, 2.24) is 4.90 Å². The molecule has 23 heavy (non-hydrogen) atoms. The lowest BCUT2D eigenvalue weighted by atomic mass is 9.97. The largest absolute Gasteiger partial charge is 0.490 e. The summed E-state index contributed by atoms with van der Waals surface area (Å²) in [4.78, 5) is 37.1. The fourth-order valence-electron chi connectivity index (χ4n) is 2.08. The molecule has 0 fully saturated rings. The van der Waals surface area contributed by atoms with Crippen LogP contribution in [-0.4, -0.2) is 42.6 Å². The van der Waals surface area contributed by atoms with Crippen LogP contribution in [0.1, 0.15) is 30.1 Å². The van der Waals surface area contributed by atoms with Gasteiger partial charge in [-0.05, 0) is 18.6 Å². The first-order valence-corrected chi connectivity index (χ1v) is 7.11. The standard InChI is InChI=1S/C16H20N2O5/c1-5-7-13(19)12(10-17(2)3)16(20)11-8-6-9-14(23-4)15(11)18(21)22/h6,8-10H,5,7H2,1-4H3. The Bertz CT molecular complexity index is 650. The van der Waals surface area contributed by atoms with Gasteiger partial charge in [-0.2, -0.15) is 0 Å². The highest BCUT2D eigenvalue weighted by atomic mass is 16.6. The van der Waals surface area contributed by atoms with Crippen LogP contribution >= 0.6 is 0 Å². The van der Waals surface area contributed by atoms with Crippen molar-refractivity contribution in [2.45, 2.75) is 19.8 Å². The van der Waals surface area contributed by atoms with Crippen molar-refractivity contribution in [1.29, 1.82) is 0 Å². The highest BCUT2D eigenvalue weighted by Crippen LogP contribution is 2.32. The number of Topliss-reactive ketones (excluding diaryl/α,β-unsaturated/α-hetero) is 2. The van der Waals surface area contributed by atoms with E-state index in [1.807, 2.05) is 6.92 Å². The molecule has 1 rings (SSSR count). The maximum Gasteiger partial charge on any atom is 0.322 e. The van der Waals surface area contributed by atoms with Crippen molar-refractivity contribution in [3.05, 3.63) is 45.6 Å². The molecule has 0 aliphatic carbocycles. The predicted octanol–water partition coefficient (Wildman–Crippen LogP) is 2.60. The molecule has 0 aliphatic heterocycles. The Labute approximate surface area is 134 Å². The van der Waals surface area contributed by atoms with Gasteiger partial charge in [0.2, 0.25) is 5.78 Å². The predicted molar refractivity (Wildman–Crippen MR) is 85.7 cm³/mol. The summed E-state index contributed by atoms with van der Waals surface area (Å²) >= 11 is 0. The Morgan fingerprint density at radius 3 is 2.48 bits per heavy atom. The third kappa shape index (κ3) is 4.38. The van der Waals surface area contributed by atoms with Gasteiger partial charge < -0.3 is 9.64 Å². The van der Waals surface area contributed by atoms with Crippen LogP contribution in [0.25, 0.3) is 0 Å². The quantitative estimate of drug-likeness (QED) is 0.183. The van der Waals surface area contributed by atoms with E-state index in [2.05, 4.69) is 0 Å². The van der Waals surface area contributed by atoms with Crippen molar-refractivity contribution < 1.29 is 19.2 Å². The fraction of sp³-hybridized carbons (Fsp3) is 0.375. The second-order valence-corrected chi connectivity index (χ2v) is 5.12. The maximum atomic E-state index is 12.7. The molecule has 0 saturated carbocycles. The Morgan fingerprint density at radius 1 is 1.35 bits per heavy atom. The van der Waals surface area contributed by atoms with E-state index in [1.54, 1.807) is 19.0 Å². The van der Waals surface area contributed by atoms with Gasteiger partial charge >= 0.3 is 5.69 Å². The van der Waals surface area contributed by atoms with Crippen molar-refractivity contribution in [3.63, 3.8) is 0 Å². The second-order valence-electron chi connectivity index (χ2n) is 5.12. The van der Waals surface area contributed by atoms with Crippen LogP contribution in [-0.2, 0) is 4.79 Å². The van der Waals surface area contributed by atoms with E-state index in [-0.39, 0.29) is 29.1 Å². The normalized spacial score (nSPS) is 11.0. The van der Waals surface area contributed by atoms with E-state index in [0.29, 0.717) is 6.42 Å². The lowest BCUT2D eigenvalue weighted by molar-refractivity contribution is -0.386. The first-order chi connectivity index (χ1) is 10.8. The van der Waals surface area contributed by atoms with Crippen LogP contribution in [0, 0.1) is 10.1 Å². The monoisotopic (exact) mass is 320 g/mol. The van der Waals surface area contributed by atoms with Gasteiger partial charge in [0.1, 0.15) is 5.56 Å². The number of nitrogens with zero attached hydrogens (tertiary/aromatic N) is 2. The van der Waals surface area contributed by atoms with Crippen LogP contribution in [0.2, 0.25) is 0 Å². The molecule has 0 N–H and O–H groups in total. The number of allylic oxidation sites excluding steroid dienone is 1. The highest BCUT2D eigenvalue weighted by Gasteiger charge is 2.29. The number of rotatable bonds is 8. The summed E-state index contributed by atoms with van der Waals surface area (Å²) < 4.78 is 4.96. The number of para-hydroxylation sites is 1. The lowest BCUT2D eigenvalue weighted by Gasteiger charge is -2.11. The van der Waals surface area contributed by atoms with Gasteiger partial charge in [-0.1, -0.05) is 13.0 Å². The smallest absolute Gasteiger partial charge is 0.322 e. The minimum atomic E-state index is -0.678. The molecule has 0 spiro atoms. The number of carbonyl (C=O) groups excluding carboxylic acids is 2. The first kappa shape index (κ1) is 18.3. The SMILES string of the molecule is CCCC(=O)C(=CN(C)C)C(=O)c1cccc(OC)c1[N+](=O)[O-]. The van der Waals surface area contributed by atoms with E-state index in [0.717, 1.165) is 0 Å². The van der Waals surface area contributed by atoms with Crippen LogP contribution in [0.3, 0.4) is 0 Å². The zero-order chi connectivity index (χ0) is 17.6. The molecule has 7 nitrogen and oxygen atoms in total. The minimum absolute atomic E-state index is 0.0204. The van der Waals surface area contributed by atoms with Crippen molar-refractivity contribution in [2.75, 3.05) is 21.2 Å². The van der Waals surface area contributed by atoms with Crippen LogP contribution in [0.15, 0.2) is 30.0 Å². The Hall–Kier alpha value is -2.70. The zero-order valence-corrected chi connectivity index (χ0v) is 13.7. The molecule has 0 heterocycles. The summed E-state index contributed by atoms with van der Waals surface area (Å²) in [6.07, 6.45) is 2.17. The van der Waals surface area contributed by atoms with E-state index in [1.165, 1.54) is 31.5 Å². The Morgan fingerprint density at radius 2 is 2.00 bits per heavy atom. The van der Waals surface area contributed by atoms with Crippen LogP contribution in [0.5, 0.6) is 5.75 Å². The van der Waals surface area contributed by atoms with Gasteiger partial charge in [-0.15, -0.1) is 0 Å². The summed E-state index contributed by atoms with van der Waals surface area (Å²) in [6, 6.07) is 4.21. The number of methoxy groups -OCH3 is 1. The minimum Gasteiger partial charge on any atom is -0.490 e. The summed E-state index contributed by atoms with van der Waals surface area (Å²) in [6.45, 7) is 1.82. The number of carbonyl (C=O) groups is 2. The van der Waals surface area contributed by atoms with Crippen molar-refractivity contribution >= 4 is 17.3 Å². The molecule has 0 amide bonds. The molecule has 1 aromatic rings. The van der Waals surface area contributed by atoms with Crippen molar-refractivity contribution in [2.24, 2.45) is 0 Å². The molecule has 0 atom stereocenters. The number of hydrogen-bond acceptors (Lipinski definition) is 6. The van der Waals surface area contributed by atoms with Crippen LogP contribution < -0.4 is 4.74 Å². The van der Waals surface area contributed by atoms with Gasteiger partial charge in [-0.3, -0.25) is 19.7 Å². The number of ether oxygens (including phenoxy) is 1. The number of benzene rings is 1. The Kier molecular flexibility index (Phi) is 6.44. The van der Waals surface area contributed by atoms with Crippen molar-refractivity contribution in [3.8, 4) is 5.75 Å². The summed E-state index contributed by atoms with van der Waals surface area (Å²) in [5.74, 6) is -1.04. The average Bonchev–Trinajstić information content (AvgIpc) is 2.50. The fourth-order valence-corrected chi connectivity index (χ4v) is 2.08. The number of nitro benzene ring substituents is 1. The molecule has 7 heteroatoms. The van der Waals surface area contributed by atoms with Gasteiger partial charge in [-0.25, -0.2) is 0 Å². The first-order valence-electron chi connectivity index (χ1n) is 7.11. The van der Waals surface area contributed by atoms with Gasteiger partial charge in [0.05, 0.1) is 17.6 Å². The van der Waals surface area contributed by atoms with Gasteiger partial charge in [0.25, 0.3) is 0 Å². The molecule has 0 aromatic heterocycles. The summed E-state index contributed by atoms with van der Waals surface area (Å²) in [7, 11) is 4.63. The third-order valence-electron chi connectivity index (χ3n) is 3.06. The van der Waals surface area contributed by atoms with Crippen LogP contribution in [0.4, 0.5) is 5.69 Å². The third-order valence-corrected chi connectivity index (χ3v) is 3.06. The Balaban J connectivity index is 3.46. The summed E-state index contributed by atoms with van der Waals surface area (Å²) in [5, 5.41) is 11.3. The van der Waals surface area contributed by atoms with E-state index >= 15 is 0 Å². The van der Waals surface area contributed by atoms with E-state index in [9.17, 15) is 19.7 Å². The molecule has 0 unspecified atom stereocenters. The molecule has 0 bridgehead atoms. The molecular formula is C16H20N2O5. The molecule has 0 aliphatic rings. The van der Waals surface area contributed by atoms with Gasteiger partial charge in [0.15, 0.2) is 11.5 Å². The summed E-state index contributed by atoms with van der Waals surface area (Å²) in [5.41, 5.74) is -0.672. The molecule has 1 aromatic carbocycles.